The Morgan fingerprint density at radius 1 is 1.00 bits per heavy atom. The van der Waals surface area contributed by atoms with Gasteiger partial charge >= 0.3 is 0 Å². The Labute approximate surface area is 128 Å². The number of hydrogen-bond donors (Lipinski definition) is 1. The van der Waals surface area contributed by atoms with Crippen molar-refractivity contribution in [1.82, 2.24) is 5.32 Å². The Kier molecular flexibility index (Phi) is 5.05. The van der Waals surface area contributed by atoms with Crippen LogP contribution in [0.3, 0.4) is 0 Å². The molecule has 0 spiro atoms. The Hall–Kier alpha value is -1.51. The van der Waals surface area contributed by atoms with Crippen molar-refractivity contribution in [2.45, 2.75) is 19.4 Å². The van der Waals surface area contributed by atoms with E-state index in [2.05, 4.69) is 5.32 Å². The number of halogens is 2. The van der Waals surface area contributed by atoms with Crippen molar-refractivity contribution in [2.24, 2.45) is 0 Å². The fraction of sp³-hybridized carbons (Fsp3) is 0.188. The summed E-state index contributed by atoms with van der Waals surface area (Å²) in [6.45, 7) is 1.95. The lowest BCUT2D eigenvalue weighted by Crippen LogP contribution is -2.28. The molecule has 0 aliphatic rings. The van der Waals surface area contributed by atoms with Crippen LogP contribution in [0.4, 0.5) is 0 Å². The van der Waals surface area contributed by atoms with Crippen molar-refractivity contribution in [3.8, 4) is 0 Å². The molecular weight excluding hydrogens is 293 g/mol. The molecule has 0 aliphatic carbocycles. The summed E-state index contributed by atoms with van der Waals surface area (Å²) in [6.07, 6.45) is 0.342. The molecule has 0 aliphatic heterocycles. The van der Waals surface area contributed by atoms with Gasteiger partial charge in [-0.25, -0.2) is 0 Å². The van der Waals surface area contributed by atoms with Crippen LogP contribution in [0.1, 0.15) is 24.1 Å². The van der Waals surface area contributed by atoms with E-state index in [1.165, 1.54) is 0 Å². The van der Waals surface area contributed by atoms with Gasteiger partial charge in [0.25, 0.3) is 0 Å². The van der Waals surface area contributed by atoms with Gasteiger partial charge in [0.2, 0.25) is 5.91 Å². The normalized spacial score (nSPS) is 11.9. The van der Waals surface area contributed by atoms with Crippen molar-refractivity contribution < 1.29 is 4.79 Å². The first-order valence-corrected chi connectivity index (χ1v) is 7.09. The molecule has 1 amide bonds. The Morgan fingerprint density at radius 2 is 1.50 bits per heavy atom. The topological polar surface area (TPSA) is 29.1 Å². The minimum absolute atomic E-state index is 0.0187. The molecule has 0 aromatic heterocycles. The van der Waals surface area contributed by atoms with Crippen molar-refractivity contribution in [1.29, 1.82) is 0 Å². The summed E-state index contributed by atoms with van der Waals surface area (Å²) < 4.78 is 0. The molecule has 20 heavy (non-hydrogen) atoms. The number of hydrogen-bond acceptors (Lipinski definition) is 1. The lowest BCUT2D eigenvalue weighted by Gasteiger charge is -2.14. The quantitative estimate of drug-likeness (QED) is 0.890. The van der Waals surface area contributed by atoms with Gasteiger partial charge in [0.05, 0.1) is 12.5 Å². The summed E-state index contributed by atoms with van der Waals surface area (Å²) in [6, 6.07) is 14.7. The molecule has 104 valence electrons. The second-order valence-corrected chi connectivity index (χ2v) is 5.52. The maximum atomic E-state index is 12.0. The van der Waals surface area contributed by atoms with E-state index in [-0.39, 0.29) is 11.9 Å². The third-order valence-corrected chi connectivity index (χ3v) is 3.53. The zero-order valence-electron chi connectivity index (χ0n) is 11.1. The molecule has 1 atom stereocenters. The fourth-order valence-electron chi connectivity index (χ4n) is 1.91. The maximum Gasteiger partial charge on any atom is 0.224 e. The first kappa shape index (κ1) is 14.9. The van der Waals surface area contributed by atoms with Gasteiger partial charge in [0.15, 0.2) is 0 Å². The first-order valence-electron chi connectivity index (χ1n) is 6.34. The number of rotatable bonds is 4. The number of carbonyl (C=O) groups excluding carboxylic acids is 1. The number of carbonyl (C=O) groups is 1. The predicted molar refractivity (Wildman–Crippen MR) is 83.2 cm³/mol. The van der Waals surface area contributed by atoms with Gasteiger partial charge in [0.1, 0.15) is 0 Å². The van der Waals surface area contributed by atoms with Gasteiger partial charge in [-0.3, -0.25) is 4.79 Å². The van der Waals surface area contributed by atoms with Gasteiger partial charge in [-0.2, -0.15) is 0 Å². The smallest absolute Gasteiger partial charge is 0.224 e. The van der Waals surface area contributed by atoms with E-state index < -0.39 is 0 Å². The molecule has 0 saturated carbocycles. The third-order valence-electron chi connectivity index (χ3n) is 3.03. The van der Waals surface area contributed by atoms with Crippen LogP contribution in [0.5, 0.6) is 0 Å². The summed E-state index contributed by atoms with van der Waals surface area (Å²) in [4.78, 5) is 12.0. The maximum absolute atomic E-state index is 12.0. The molecule has 0 saturated heterocycles. The molecule has 0 bridgehead atoms. The van der Waals surface area contributed by atoms with Gasteiger partial charge in [-0.15, -0.1) is 0 Å². The molecule has 0 radical (unpaired) electrons. The minimum atomic E-state index is -0.0490. The number of benzene rings is 2. The highest BCUT2D eigenvalue weighted by molar-refractivity contribution is 6.30. The number of nitrogens with one attached hydrogen (secondary N) is 1. The van der Waals surface area contributed by atoms with Crippen LogP contribution in [-0.4, -0.2) is 5.91 Å². The number of amides is 1. The van der Waals surface area contributed by atoms with Gasteiger partial charge in [0, 0.05) is 10.0 Å². The second-order valence-electron chi connectivity index (χ2n) is 4.64. The van der Waals surface area contributed by atoms with E-state index in [9.17, 15) is 4.79 Å². The van der Waals surface area contributed by atoms with Crippen LogP contribution < -0.4 is 5.32 Å². The van der Waals surface area contributed by atoms with E-state index in [0.717, 1.165) is 11.1 Å². The Bertz CT molecular complexity index is 578. The van der Waals surface area contributed by atoms with Gasteiger partial charge in [-0.05, 0) is 42.3 Å². The molecule has 2 nitrogen and oxygen atoms in total. The van der Waals surface area contributed by atoms with Crippen LogP contribution in [-0.2, 0) is 11.2 Å². The van der Waals surface area contributed by atoms with Crippen LogP contribution in [0.2, 0.25) is 10.0 Å². The van der Waals surface area contributed by atoms with E-state index in [1.54, 1.807) is 12.1 Å². The lowest BCUT2D eigenvalue weighted by atomic mass is 10.1. The van der Waals surface area contributed by atoms with Gasteiger partial charge < -0.3 is 5.32 Å². The third kappa shape index (κ3) is 4.26. The molecule has 2 aromatic rings. The Balaban J connectivity index is 1.93. The summed E-state index contributed by atoms with van der Waals surface area (Å²) >= 11 is 11.7. The van der Waals surface area contributed by atoms with Crippen molar-refractivity contribution in [3.05, 3.63) is 69.7 Å². The monoisotopic (exact) mass is 307 g/mol. The molecular formula is C16H15Cl2NO. The van der Waals surface area contributed by atoms with Crippen LogP contribution in [0, 0.1) is 0 Å². The van der Waals surface area contributed by atoms with Crippen LogP contribution in [0.25, 0.3) is 0 Å². The predicted octanol–water partition coefficient (Wildman–Crippen LogP) is 4.41. The first-order chi connectivity index (χ1) is 9.54. The average Bonchev–Trinajstić information content (AvgIpc) is 2.42. The van der Waals surface area contributed by atoms with Crippen molar-refractivity contribution >= 4 is 29.1 Å². The van der Waals surface area contributed by atoms with E-state index in [4.69, 9.17) is 23.2 Å². The van der Waals surface area contributed by atoms with E-state index in [0.29, 0.717) is 16.5 Å². The average molecular weight is 308 g/mol. The minimum Gasteiger partial charge on any atom is -0.349 e. The zero-order chi connectivity index (χ0) is 14.5. The Morgan fingerprint density at radius 3 is 2.05 bits per heavy atom. The van der Waals surface area contributed by atoms with Crippen LogP contribution in [0.15, 0.2) is 48.5 Å². The lowest BCUT2D eigenvalue weighted by molar-refractivity contribution is -0.121. The summed E-state index contributed by atoms with van der Waals surface area (Å²) in [7, 11) is 0. The fourth-order valence-corrected chi connectivity index (χ4v) is 2.17. The molecule has 4 heteroatoms. The molecule has 0 heterocycles. The highest BCUT2D eigenvalue weighted by atomic mass is 35.5. The molecule has 1 N–H and O–H groups in total. The SMILES string of the molecule is C[C@@H](NC(=O)Cc1ccc(Cl)cc1)c1ccc(Cl)cc1. The molecule has 2 rings (SSSR count). The molecule has 0 unspecified atom stereocenters. The van der Waals surface area contributed by atoms with Gasteiger partial charge in [-0.1, -0.05) is 47.5 Å². The highest BCUT2D eigenvalue weighted by Crippen LogP contribution is 2.16. The molecule has 0 fully saturated rings. The van der Waals surface area contributed by atoms with E-state index >= 15 is 0 Å². The van der Waals surface area contributed by atoms with Crippen molar-refractivity contribution in [2.75, 3.05) is 0 Å². The summed E-state index contributed by atoms with van der Waals surface area (Å²) in [5.74, 6) is -0.0187. The van der Waals surface area contributed by atoms with E-state index in [1.807, 2.05) is 43.3 Å². The summed E-state index contributed by atoms with van der Waals surface area (Å²) in [5, 5.41) is 4.32. The summed E-state index contributed by atoms with van der Waals surface area (Å²) in [5.41, 5.74) is 1.97. The van der Waals surface area contributed by atoms with Crippen LogP contribution >= 0.6 is 23.2 Å². The zero-order valence-corrected chi connectivity index (χ0v) is 12.6. The highest BCUT2D eigenvalue weighted by Gasteiger charge is 2.10. The standard InChI is InChI=1S/C16H15Cl2NO/c1-11(13-4-8-15(18)9-5-13)19-16(20)10-12-2-6-14(17)7-3-12/h2-9,11H,10H2,1H3,(H,19,20)/t11-/m1/s1. The molecule has 2 aromatic carbocycles. The largest absolute Gasteiger partial charge is 0.349 e. The van der Waals surface area contributed by atoms with Crippen molar-refractivity contribution in [3.63, 3.8) is 0 Å². The second kappa shape index (κ2) is 6.78.